The summed E-state index contributed by atoms with van der Waals surface area (Å²) in [5.74, 6) is 0.0203. The van der Waals surface area contributed by atoms with E-state index in [1.807, 2.05) is 25.1 Å². The van der Waals surface area contributed by atoms with Gasteiger partial charge in [0.15, 0.2) is 0 Å². The number of benzene rings is 2. The summed E-state index contributed by atoms with van der Waals surface area (Å²) in [5, 5.41) is 2.74. The Kier molecular flexibility index (Phi) is 7.41. The average molecular weight is 418 g/mol. The molecule has 1 N–H and O–H groups in total. The number of nitrogens with one attached hydrogen (secondary N) is 1. The van der Waals surface area contributed by atoms with Crippen LogP contribution in [0.1, 0.15) is 29.3 Å². The van der Waals surface area contributed by atoms with Crippen molar-refractivity contribution in [1.82, 2.24) is 0 Å². The molecule has 0 saturated heterocycles. The molecule has 6 heteroatoms. The van der Waals surface area contributed by atoms with Crippen LogP contribution in [0.25, 0.3) is 6.08 Å². The van der Waals surface area contributed by atoms with Crippen LogP contribution >= 0.6 is 15.9 Å². The van der Waals surface area contributed by atoms with E-state index in [1.54, 1.807) is 37.5 Å². The van der Waals surface area contributed by atoms with Gasteiger partial charge in [-0.1, -0.05) is 22.9 Å². The van der Waals surface area contributed by atoms with E-state index in [0.717, 1.165) is 16.5 Å². The van der Waals surface area contributed by atoms with E-state index < -0.39 is 0 Å². The molecule has 136 valence electrons. The molecule has 2 aromatic carbocycles. The zero-order valence-electron chi connectivity index (χ0n) is 14.6. The number of rotatable bonds is 7. The summed E-state index contributed by atoms with van der Waals surface area (Å²) >= 11 is 3.39. The number of carbonyl (C=O) groups excluding carboxylic acids is 2. The predicted octanol–water partition coefficient (Wildman–Crippen LogP) is 4.68. The maximum Gasteiger partial charge on any atom is 0.338 e. The number of anilines is 1. The zero-order chi connectivity index (χ0) is 18.9. The Morgan fingerprint density at radius 2 is 1.88 bits per heavy atom. The average Bonchev–Trinajstić information content (AvgIpc) is 2.65. The first-order valence-corrected chi connectivity index (χ1v) is 8.92. The standard InChI is InChI=1S/C20H20BrNO4/c1-3-12-26-20(24)14-4-8-17(9-5-14)22-19(23)11-6-15-13-16(21)7-10-18(15)25-2/h4-11,13H,3,12H2,1-2H3,(H,22,23). The maximum atomic E-state index is 12.1. The summed E-state index contributed by atoms with van der Waals surface area (Å²) in [6.07, 6.45) is 3.87. The lowest BCUT2D eigenvalue weighted by Gasteiger charge is -2.06. The fourth-order valence-corrected chi connectivity index (χ4v) is 2.53. The molecule has 0 fully saturated rings. The van der Waals surface area contributed by atoms with Crippen LogP contribution in [0.2, 0.25) is 0 Å². The molecule has 1 amide bonds. The van der Waals surface area contributed by atoms with Crippen LogP contribution in [0.3, 0.4) is 0 Å². The third kappa shape index (κ3) is 5.74. The van der Waals surface area contributed by atoms with E-state index in [-0.39, 0.29) is 11.9 Å². The fourth-order valence-electron chi connectivity index (χ4n) is 2.15. The van der Waals surface area contributed by atoms with Gasteiger partial charge in [-0.25, -0.2) is 4.79 Å². The van der Waals surface area contributed by atoms with Crippen LogP contribution in [-0.2, 0) is 9.53 Å². The van der Waals surface area contributed by atoms with Crippen LogP contribution < -0.4 is 10.1 Å². The topological polar surface area (TPSA) is 64.6 Å². The molecule has 0 aliphatic carbocycles. The van der Waals surface area contributed by atoms with Gasteiger partial charge < -0.3 is 14.8 Å². The van der Waals surface area contributed by atoms with Crippen molar-refractivity contribution >= 4 is 39.6 Å². The molecule has 0 spiro atoms. The van der Waals surface area contributed by atoms with Crippen LogP contribution in [-0.4, -0.2) is 25.6 Å². The summed E-state index contributed by atoms with van der Waals surface area (Å²) in [6.45, 7) is 2.32. The number of hydrogen-bond acceptors (Lipinski definition) is 4. The van der Waals surface area contributed by atoms with E-state index in [9.17, 15) is 9.59 Å². The molecule has 5 nitrogen and oxygen atoms in total. The van der Waals surface area contributed by atoms with Crippen molar-refractivity contribution in [2.24, 2.45) is 0 Å². The Morgan fingerprint density at radius 1 is 1.15 bits per heavy atom. The Bertz CT molecular complexity index is 800. The van der Waals surface area contributed by atoms with Crippen molar-refractivity contribution in [2.75, 3.05) is 19.0 Å². The van der Waals surface area contributed by atoms with E-state index >= 15 is 0 Å². The molecule has 0 heterocycles. The lowest BCUT2D eigenvalue weighted by atomic mass is 10.2. The smallest absolute Gasteiger partial charge is 0.338 e. The van der Waals surface area contributed by atoms with E-state index in [2.05, 4.69) is 21.2 Å². The SMILES string of the molecule is CCCOC(=O)c1ccc(NC(=O)C=Cc2cc(Br)ccc2OC)cc1. The second kappa shape index (κ2) is 9.77. The molecule has 0 aliphatic rings. The monoisotopic (exact) mass is 417 g/mol. The molecular weight excluding hydrogens is 398 g/mol. The molecule has 2 aromatic rings. The second-order valence-corrected chi connectivity index (χ2v) is 6.34. The molecule has 0 bridgehead atoms. The van der Waals surface area contributed by atoms with E-state index in [0.29, 0.717) is 23.6 Å². The normalized spacial score (nSPS) is 10.6. The Balaban J connectivity index is 1.99. The number of carbonyl (C=O) groups is 2. The predicted molar refractivity (Wildman–Crippen MR) is 105 cm³/mol. The van der Waals surface area contributed by atoms with Gasteiger partial charge in [0.25, 0.3) is 0 Å². The minimum absolute atomic E-state index is 0.284. The fraction of sp³-hybridized carbons (Fsp3) is 0.200. The Morgan fingerprint density at radius 3 is 2.54 bits per heavy atom. The van der Waals surface area contributed by atoms with E-state index in [1.165, 1.54) is 6.08 Å². The summed E-state index contributed by atoms with van der Waals surface area (Å²) in [5.41, 5.74) is 1.82. The highest BCUT2D eigenvalue weighted by atomic mass is 79.9. The number of hydrogen-bond donors (Lipinski definition) is 1. The molecule has 0 aliphatic heterocycles. The van der Waals surface area contributed by atoms with Crippen LogP contribution in [0.4, 0.5) is 5.69 Å². The van der Waals surface area contributed by atoms with E-state index in [4.69, 9.17) is 9.47 Å². The molecule has 26 heavy (non-hydrogen) atoms. The molecule has 0 radical (unpaired) electrons. The number of halogens is 1. The third-order valence-electron chi connectivity index (χ3n) is 3.43. The molecule has 2 rings (SSSR count). The first-order chi connectivity index (χ1) is 12.5. The number of methoxy groups -OCH3 is 1. The first-order valence-electron chi connectivity index (χ1n) is 8.13. The van der Waals surface area contributed by atoms with Crippen molar-refractivity contribution in [2.45, 2.75) is 13.3 Å². The quantitative estimate of drug-likeness (QED) is 0.524. The van der Waals surface area contributed by atoms with Gasteiger partial charge in [0, 0.05) is 21.8 Å². The second-order valence-electron chi connectivity index (χ2n) is 5.42. The Hall–Kier alpha value is -2.60. The Labute approximate surface area is 161 Å². The lowest BCUT2D eigenvalue weighted by molar-refractivity contribution is -0.111. The van der Waals surface area contributed by atoms with Crippen molar-refractivity contribution in [3.8, 4) is 5.75 Å². The minimum Gasteiger partial charge on any atom is -0.496 e. The summed E-state index contributed by atoms with van der Waals surface area (Å²) < 4.78 is 11.2. The van der Waals surface area contributed by atoms with Crippen molar-refractivity contribution in [1.29, 1.82) is 0 Å². The highest BCUT2D eigenvalue weighted by molar-refractivity contribution is 9.10. The third-order valence-corrected chi connectivity index (χ3v) is 3.92. The minimum atomic E-state index is -0.369. The first kappa shape index (κ1) is 19.7. The maximum absolute atomic E-state index is 12.1. The van der Waals surface area contributed by atoms with Gasteiger partial charge in [-0.05, 0) is 55.0 Å². The molecule has 0 aromatic heterocycles. The van der Waals surface area contributed by atoms with Gasteiger partial charge in [0.05, 0.1) is 19.3 Å². The highest BCUT2D eigenvalue weighted by Crippen LogP contribution is 2.24. The summed E-state index contributed by atoms with van der Waals surface area (Å²) in [4.78, 5) is 23.8. The number of ether oxygens (including phenoxy) is 2. The molecule has 0 saturated carbocycles. The van der Waals surface area contributed by atoms with Crippen LogP contribution in [0.5, 0.6) is 5.75 Å². The summed E-state index contributed by atoms with van der Waals surface area (Å²) in [7, 11) is 1.58. The molecule has 0 unspecified atom stereocenters. The molecular formula is C20H20BrNO4. The van der Waals surface area contributed by atoms with Gasteiger partial charge in [-0.2, -0.15) is 0 Å². The molecule has 0 atom stereocenters. The zero-order valence-corrected chi connectivity index (χ0v) is 16.2. The largest absolute Gasteiger partial charge is 0.496 e. The van der Waals surface area contributed by atoms with Crippen molar-refractivity contribution in [3.63, 3.8) is 0 Å². The van der Waals surface area contributed by atoms with Gasteiger partial charge in [0.2, 0.25) is 5.91 Å². The van der Waals surface area contributed by atoms with Crippen molar-refractivity contribution in [3.05, 3.63) is 64.1 Å². The highest BCUT2D eigenvalue weighted by Gasteiger charge is 2.07. The van der Waals surface area contributed by atoms with Gasteiger partial charge in [-0.3, -0.25) is 4.79 Å². The van der Waals surface area contributed by atoms with Crippen LogP contribution in [0, 0.1) is 0 Å². The lowest BCUT2D eigenvalue weighted by Crippen LogP contribution is -2.09. The number of esters is 1. The van der Waals surface area contributed by atoms with Crippen LogP contribution in [0.15, 0.2) is 53.0 Å². The number of amides is 1. The van der Waals surface area contributed by atoms with Crippen molar-refractivity contribution < 1.29 is 19.1 Å². The summed E-state index contributed by atoms with van der Waals surface area (Å²) in [6, 6.07) is 12.1. The van der Waals surface area contributed by atoms with Gasteiger partial charge in [0.1, 0.15) is 5.75 Å². The van der Waals surface area contributed by atoms with Gasteiger partial charge >= 0.3 is 5.97 Å². The van der Waals surface area contributed by atoms with Gasteiger partial charge in [-0.15, -0.1) is 0 Å².